The maximum atomic E-state index is 5.24. The predicted octanol–water partition coefficient (Wildman–Crippen LogP) is 5.14. The Morgan fingerprint density at radius 1 is 0.893 bits per heavy atom. The van der Waals surface area contributed by atoms with Crippen molar-refractivity contribution in [3.8, 4) is 16.9 Å². The SMILES string of the molecule is COc1cccc(Nc2ncc(-c3cccc(C4=C(C)CN=C4C)c3)cn2)c1. The first kappa shape index (κ1) is 17.9. The molecule has 2 heterocycles. The highest BCUT2D eigenvalue weighted by atomic mass is 16.5. The molecule has 2 aromatic carbocycles. The minimum atomic E-state index is 0.547. The van der Waals surface area contributed by atoms with Crippen molar-refractivity contribution in [2.45, 2.75) is 13.8 Å². The lowest BCUT2D eigenvalue weighted by Crippen LogP contribution is -1.98. The van der Waals surface area contributed by atoms with Crippen LogP contribution in [0.25, 0.3) is 16.7 Å². The Balaban J connectivity index is 1.57. The fourth-order valence-corrected chi connectivity index (χ4v) is 3.39. The summed E-state index contributed by atoms with van der Waals surface area (Å²) in [5.74, 6) is 1.33. The number of ether oxygens (including phenoxy) is 1. The van der Waals surface area contributed by atoms with Gasteiger partial charge in [0.1, 0.15) is 5.75 Å². The molecule has 0 aliphatic carbocycles. The van der Waals surface area contributed by atoms with Gasteiger partial charge >= 0.3 is 0 Å². The summed E-state index contributed by atoms with van der Waals surface area (Å²) in [5, 5.41) is 3.20. The number of nitrogens with zero attached hydrogens (tertiary/aromatic N) is 3. The third kappa shape index (κ3) is 3.64. The Bertz CT molecular complexity index is 1070. The van der Waals surface area contributed by atoms with Gasteiger partial charge in [0.05, 0.1) is 13.7 Å². The zero-order chi connectivity index (χ0) is 19.5. The largest absolute Gasteiger partial charge is 0.497 e. The fourth-order valence-electron chi connectivity index (χ4n) is 3.39. The number of allylic oxidation sites excluding steroid dienone is 1. The first-order valence-corrected chi connectivity index (χ1v) is 9.19. The maximum absolute atomic E-state index is 5.24. The number of methoxy groups -OCH3 is 1. The van der Waals surface area contributed by atoms with Crippen LogP contribution in [0.2, 0.25) is 0 Å². The summed E-state index contributed by atoms with van der Waals surface area (Å²) in [6, 6.07) is 16.1. The van der Waals surface area contributed by atoms with Crippen molar-refractivity contribution >= 4 is 22.9 Å². The molecule has 5 nitrogen and oxygen atoms in total. The van der Waals surface area contributed by atoms with Gasteiger partial charge < -0.3 is 10.1 Å². The minimum absolute atomic E-state index is 0.547. The van der Waals surface area contributed by atoms with E-state index in [0.29, 0.717) is 5.95 Å². The number of benzene rings is 2. The second-order valence-electron chi connectivity index (χ2n) is 6.79. The molecule has 1 aliphatic heterocycles. The van der Waals surface area contributed by atoms with Crippen LogP contribution in [0.5, 0.6) is 5.75 Å². The van der Waals surface area contributed by atoms with Crippen molar-refractivity contribution in [1.29, 1.82) is 0 Å². The Kier molecular flexibility index (Phi) is 4.89. The summed E-state index contributed by atoms with van der Waals surface area (Å²) in [6.45, 7) is 5.00. The van der Waals surface area contributed by atoms with Crippen LogP contribution in [0, 0.1) is 0 Å². The third-order valence-electron chi connectivity index (χ3n) is 4.80. The summed E-state index contributed by atoms with van der Waals surface area (Å²) >= 11 is 0. The normalized spacial score (nSPS) is 13.5. The fraction of sp³-hybridized carbons (Fsp3) is 0.174. The van der Waals surface area contributed by atoms with Crippen LogP contribution in [0.1, 0.15) is 19.4 Å². The van der Waals surface area contributed by atoms with Gasteiger partial charge in [-0.1, -0.05) is 24.3 Å². The van der Waals surface area contributed by atoms with Crippen LogP contribution >= 0.6 is 0 Å². The van der Waals surface area contributed by atoms with Crippen molar-refractivity contribution in [2.24, 2.45) is 4.99 Å². The highest BCUT2D eigenvalue weighted by Crippen LogP contribution is 2.29. The first-order chi connectivity index (χ1) is 13.6. The van der Waals surface area contributed by atoms with Crippen molar-refractivity contribution in [1.82, 2.24) is 9.97 Å². The van der Waals surface area contributed by atoms with Gasteiger partial charge in [-0.2, -0.15) is 0 Å². The van der Waals surface area contributed by atoms with Gasteiger partial charge in [-0.15, -0.1) is 0 Å². The van der Waals surface area contributed by atoms with Crippen molar-refractivity contribution in [3.05, 3.63) is 72.1 Å². The van der Waals surface area contributed by atoms with Crippen molar-refractivity contribution in [3.63, 3.8) is 0 Å². The van der Waals surface area contributed by atoms with Crippen molar-refractivity contribution in [2.75, 3.05) is 19.0 Å². The zero-order valence-corrected chi connectivity index (χ0v) is 16.2. The van der Waals surface area contributed by atoms with Crippen LogP contribution in [-0.4, -0.2) is 29.3 Å². The van der Waals surface area contributed by atoms with Crippen LogP contribution in [-0.2, 0) is 0 Å². The summed E-state index contributed by atoms with van der Waals surface area (Å²) in [7, 11) is 1.65. The van der Waals surface area contributed by atoms with E-state index in [-0.39, 0.29) is 0 Å². The second kappa shape index (κ2) is 7.64. The molecule has 5 heteroatoms. The smallest absolute Gasteiger partial charge is 0.227 e. The van der Waals surface area contributed by atoms with E-state index in [0.717, 1.165) is 34.8 Å². The third-order valence-corrected chi connectivity index (χ3v) is 4.80. The quantitative estimate of drug-likeness (QED) is 0.675. The summed E-state index contributed by atoms with van der Waals surface area (Å²) < 4.78 is 5.24. The van der Waals surface area contributed by atoms with E-state index in [1.807, 2.05) is 36.7 Å². The Labute approximate surface area is 164 Å². The Morgan fingerprint density at radius 2 is 1.64 bits per heavy atom. The number of aromatic nitrogens is 2. The molecule has 4 rings (SSSR count). The number of aliphatic imine (C=N–C) groups is 1. The zero-order valence-electron chi connectivity index (χ0n) is 16.2. The van der Waals surface area contributed by atoms with Gasteiger partial charge in [-0.25, -0.2) is 9.97 Å². The van der Waals surface area contributed by atoms with Gasteiger partial charge in [-0.05, 0) is 48.7 Å². The monoisotopic (exact) mass is 370 g/mol. The molecular weight excluding hydrogens is 348 g/mol. The minimum Gasteiger partial charge on any atom is -0.497 e. The molecule has 0 atom stereocenters. The molecule has 0 amide bonds. The van der Waals surface area contributed by atoms with E-state index in [1.54, 1.807) is 7.11 Å². The lowest BCUT2D eigenvalue weighted by atomic mass is 9.96. The Morgan fingerprint density at radius 3 is 2.36 bits per heavy atom. The predicted molar refractivity (Wildman–Crippen MR) is 114 cm³/mol. The van der Waals surface area contributed by atoms with E-state index in [9.17, 15) is 0 Å². The summed E-state index contributed by atoms with van der Waals surface area (Å²) in [6.07, 6.45) is 3.68. The molecule has 3 aromatic rings. The number of nitrogens with one attached hydrogen (secondary N) is 1. The lowest BCUT2D eigenvalue weighted by Gasteiger charge is -2.09. The number of anilines is 2. The molecule has 1 aliphatic rings. The van der Waals surface area contributed by atoms with E-state index < -0.39 is 0 Å². The average molecular weight is 370 g/mol. The summed E-state index contributed by atoms with van der Waals surface area (Å²) in [5.41, 5.74) is 7.79. The van der Waals surface area contributed by atoms with Gasteiger partial charge in [0, 0.05) is 41.0 Å². The number of hydrogen-bond donors (Lipinski definition) is 1. The topological polar surface area (TPSA) is 59.4 Å². The molecule has 140 valence electrons. The Hall–Kier alpha value is -3.47. The molecule has 0 bridgehead atoms. The number of hydrogen-bond acceptors (Lipinski definition) is 5. The van der Waals surface area contributed by atoms with Gasteiger partial charge in [0.25, 0.3) is 0 Å². The second-order valence-corrected chi connectivity index (χ2v) is 6.79. The van der Waals surface area contributed by atoms with E-state index >= 15 is 0 Å². The highest BCUT2D eigenvalue weighted by Gasteiger charge is 2.15. The molecule has 0 fully saturated rings. The van der Waals surface area contributed by atoms with Gasteiger partial charge in [0.15, 0.2) is 0 Å². The molecule has 0 radical (unpaired) electrons. The van der Waals surface area contributed by atoms with Gasteiger partial charge in [-0.3, -0.25) is 4.99 Å². The standard InChI is InChI=1S/C23H22N4O/c1-15-12-24-16(2)22(15)18-7-4-6-17(10-18)19-13-25-23(26-14-19)27-20-8-5-9-21(11-20)28-3/h4-11,13-14H,12H2,1-3H3,(H,25,26,27). The maximum Gasteiger partial charge on any atom is 0.227 e. The highest BCUT2D eigenvalue weighted by molar-refractivity contribution is 6.25. The molecule has 1 N–H and O–H groups in total. The van der Waals surface area contributed by atoms with Crippen LogP contribution in [0.4, 0.5) is 11.6 Å². The first-order valence-electron chi connectivity index (χ1n) is 9.19. The summed E-state index contributed by atoms with van der Waals surface area (Å²) in [4.78, 5) is 13.5. The van der Waals surface area contributed by atoms with Crippen LogP contribution in [0.3, 0.4) is 0 Å². The van der Waals surface area contributed by atoms with Gasteiger partial charge in [0.2, 0.25) is 5.95 Å². The van der Waals surface area contributed by atoms with Crippen LogP contribution in [0.15, 0.2) is 71.5 Å². The molecule has 0 saturated carbocycles. The molecular formula is C23H22N4O. The van der Waals surface area contributed by atoms with Crippen LogP contribution < -0.4 is 10.1 Å². The molecule has 1 aromatic heterocycles. The molecule has 28 heavy (non-hydrogen) atoms. The molecule has 0 spiro atoms. The lowest BCUT2D eigenvalue weighted by molar-refractivity contribution is 0.415. The van der Waals surface area contributed by atoms with Crippen molar-refractivity contribution < 1.29 is 4.74 Å². The number of rotatable bonds is 5. The van der Waals surface area contributed by atoms with E-state index in [2.05, 4.69) is 58.4 Å². The van der Waals surface area contributed by atoms with E-state index in [1.165, 1.54) is 16.7 Å². The molecule has 0 saturated heterocycles. The average Bonchev–Trinajstić information content (AvgIpc) is 3.07. The van der Waals surface area contributed by atoms with E-state index in [4.69, 9.17) is 4.74 Å². The molecule has 0 unspecified atom stereocenters.